The summed E-state index contributed by atoms with van der Waals surface area (Å²) in [5, 5.41) is 12.2. The van der Waals surface area contributed by atoms with Gasteiger partial charge in [-0.3, -0.25) is 4.98 Å². The van der Waals surface area contributed by atoms with Crippen molar-refractivity contribution >= 4 is 17.3 Å². The first kappa shape index (κ1) is 12.7. The number of hydrogen-bond donors (Lipinski definition) is 2. The average molecular weight is 262 g/mol. The molecule has 0 radical (unpaired) electrons. The van der Waals surface area contributed by atoms with E-state index < -0.39 is 5.97 Å². The molecule has 0 saturated heterocycles. The Kier molecular flexibility index (Phi) is 4.07. The quantitative estimate of drug-likeness (QED) is 0.869. The summed E-state index contributed by atoms with van der Waals surface area (Å²) in [6, 6.07) is 7.59. The van der Waals surface area contributed by atoms with Crippen LogP contribution in [-0.2, 0) is 6.54 Å². The maximum atomic E-state index is 10.8. The Labute approximate surface area is 109 Å². The van der Waals surface area contributed by atoms with Crippen molar-refractivity contribution in [2.45, 2.75) is 19.5 Å². The molecule has 0 unspecified atom stereocenters. The fraction of sp³-hybridized carbons (Fsp3) is 0.231. The summed E-state index contributed by atoms with van der Waals surface area (Å²) < 4.78 is 0. The minimum atomic E-state index is -0.869. The van der Waals surface area contributed by atoms with E-state index in [0.717, 1.165) is 10.4 Å². The van der Waals surface area contributed by atoms with E-state index >= 15 is 0 Å². The van der Waals surface area contributed by atoms with Crippen LogP contribution in [0.15, 0.2) is 36.7 Å². The molecule has 0 aliphatic carbocycles. The normalized spacial score (nSPS) is 12.3. The molecule has 0 aromatic carbocycles. The lowest BCUT2D eigenvalue weighted by atomic mass is 10.1. The van der Waals surface area contributed by atoms with E-state index in [4.69, 9.17) is 5.11 Å². The smallest absolute Gasteiger partial charge is 0.345 e. The van der Waals surface area contributed by atoms with E-state index in [2.05, 4.69) is 17.2 Å². The number of carbonyl (C=O) groups is 1. The molecule has 2 heterocycles. The molecular weight excluding hydrogens is 248 g/mol. The van der Waals surface area contributed by atoms with Crippen LogP contribution in [0.25, 0.3) is 0 Å². The average Bonchev–Trinajstić information content (AvgIpc) is 2.86. The second-order valence-electron chi connectivity index (χ2n) is 3.96. The number of pyridine rings is 1. The fourth-order valence-electron chi connectivity index (χ4n) is 1.59. The number of aromatic carboxylic acids is 1. The summed E-state index contributed by atoms with van der Waals surface area (Å²) >= 11 is 1.30. The van der Waals surface area contributed by atoms with E-state index in [0.29, 0.717) is 11.4 Å². The van der Waals surface area contributed by atoms with Crippen LogP contribution in [0, 0.1) is 0 Å². The van der Waals surface area contributed by atoms with E-state index in [9.17, 15) is 4.79 Å². The third-order valence-corrected chi connectivity index (χ3v) is 3.71. The standard InChI is InChI=1S/C13H14N2O2S/c1-9(10-3-2-6-14-7-10)15-8-11-4-5-12(18-11)13(16)17/h2-7,9,15H,8H2,1H3,(H,16,17)/t9-/m1/s1. The highest BCUT2D eigenvalue weighted by Crippen LogP contribution is 2.18. The summed E-state index contributed by atoms with van der Waals surface area (Å²) in [5.74, 6) is -0.869. The number of carboxylic acids is 1. The molecular formula is C13H14N2O2S. The lowest BCUT2D eigenvalue weighted by Gasteiger charge is -2.12. The van der Waals surface area contributed by atoms with E-state index in [-0.39, 0.29) is 6.04 Å². The van der Waals surface area contributed by atoms with Crippen molar-refractivity contribution in [1.82, 2.24) is 10.3 Å². The van der Waals surface area contributed by atoms with E-state index in [1.54, 1.807) is 12.3 Å². The molecule has 0 spiro atoms. The van der Waals surface area contributed by atoms with Crippen LogP contribution in [0.4, 0.5) is 0 Å². The Morgan fingerprint density at radius 1 is 1.50 bits per heavy atom. The number of rotatable bonds is 5. The summed E-state index contributed by atoms with van der Waals surface area (Å²) in [5.41, 5.74) is 1.12. The largest absolute Gasteiger partial charge is 0.477 e. The van der Waals surface area contributed by atoms with Crippen molar-refractivity contribution in [1.29, 1.82) is 0 Å². The molecule has 2 N–H and O–H groups in total. The monoisotopic (exact) mass is 262 g/mol. The van der Waals surface area contributed by atoms with Gasteiger partial charge in [-0.05, 0) is 30.7 Å². The van der Waals surface area contributed by atoms with Gasteiger partial charge in [0.2, 0.25) is 0 Å². The summed E-state index contributed by atoms with van der Waals surface area (Å²) in [6.07, 6.45) is 3.57. The molecule has 5 heteroatoms. The molecule has 18 heavy (non-hydrogen) atoms. The second kappa shape index (κ2) is 5.75. The number of aromatic nitrogens is 1. The number of carboxylic acid groups (broad SMARTS) is 1. The first-order valence-electron chi connectivity index (χ1n) is 5.62. The number of hydrogen-bond acceptors (Lipinski definition) is 4. The van der Waals surface area contributed by atoms with Gasteiger partial charge in [-0.15, -0.1) is 11.3 Å². The molecule has 0 aliphatic heterocycles. The van der Waals surface area contributed by atoms with Gasteiger partial charge in [-0.1, -0.05) is 6.07 Å². The third-order valence-electron chi connectivity index (χ3n) is 2.64. The maximum absolute atomic E-state index is 10.8. The Bertz CT molecular complexity index is 525. The lowest BCUT2D eigenvalue weighted by molar-refractivity contribution is 0.0702. The lowest BCUT2D eigenvalue weighted by Crippen LogP contribution is -2.17. The topological polar surface area (TPSA) is 62.2 Å². The number of thiophene rings is 1. The Balaban J connectivity index is 1.93. The predicted molar refractivity (Wildman–Crippen MR) is 70.8 cm³/mol. The molecule has 2 aromatic heterocycles. The molecule has 0 amide bonds. The SMILES string of the molecule is C[C@@H](NCc1ccc(C(=O)O)s1)c1cccnc1. The zero-order valence-electron chi connectivity index (χ0n) is 9.96. The van der Waals surface area contributed by atoms with E-state index in [1.807, 2.05) is 24.4 Å². The van der Waals surface area contributed by atoms with Crippen molar-refractivity contribution in [3.8, 4) is 0 Å². The molecule has 0 bridgehead atoms. The van der Waals surface area contributed by atoms with Gasteiger partial charge in [0, 0.05) is 29.9 Å². The Hall–Kier alpha value is -1.72. The second-order valence-corrected chi connectivity index (χ2v) is 5.13. The molecule has 1 atom stereocenters. The maximum Gasteiger partial charge on any atom is 0.345 e. The van der Waals surface area contributed by atoms with Crippen LogP contribution in [-0.4, -0.2) is 16.1 Å². The van der Waals surface area contributed by atoms with Gasteiger partial charge in [0.1, 0.15) is 4.88 Å². The first-order valence-corrected chi connectivity index (χ1v) is 6.44. The van der Waals surface area contributed by atoms with Crippen LogP contribution in [0.2, 0.25) is 0 Å². The van der Waals surface area contributed by atoms with Crippen LogP contribution in [0.5, 0.6) is 0 Å². The van der Waals surface area contributed by atoms with Crippen LogP contribution in [0.3, 0.4) is 0 Å². The number of nitrogens with zero attached hydrogens (tertiary/aromatic N) is 1. The predicted octanol–water partition coefficient (Wildman–Crippen LogP) is 2.69. The Morgan fingerprint density at radius 3 is 2.94 bits per heavy atom. The zero-order valence-corrected chi connectivity index (χ0v) is 10.8. The molecule has 4 nitrogen and oxygen atoms in total. The van der Waals surface area contributed by atoms with Crippen molar-refractivity contribution < 1.29 is 9.90 Å². The van der Waals surface area contributed by atoms with Crippen molar-refractivity contribution in [3.63, 3.8) is 0 Å². The van der Waals surface area contributed by atoms with Gasteiger partial charge in [0.15, 0.2) is 0 Å². The minimum absolute atomic E-state index is 0.189. The summed E-state index contributed by atoms with van der Waals surface area (Å²) in [7, 11) is 0. The van der Waals surface area contributed by atoms with Gasteiger partial charge in [-0.25, -0.2) is 4.79 Å². The number of nitrogens with one attached hydrogen (secondary N) is 1. The molecule has 2 aromatic rings. The highest BCUT2D eigenvalue weighted by molar-refractivity contribution is 7.13. The van der Waals surface area contributed by atoms with Gasteiger partial charge in [0.25, 0.3) is 0 Å². The molecule has 0 fully saturated rings. The highest BCUT2D eigenvalue weighted by atomic mass is 32.1. The van der Waals surface area contributed by atoms with Gasteiger partial charge in [-0.2, -0.15) is 0 Å². The van der Waals surface area contributed by atoms with Crippen molar-refractivity contribution in [2.75, 3.05) is 0 Å². The van der Waals surface area contributed by atoms with Crippen molar-refractivity contribution in [3.05, 3.63) is 52.0 Å². The van der Waals surface area contributed by atoms with Gasteiger partial charge < -0.3 is 10.4 Å². The van der Waals surface area contributed by atoms with E-state index in [1.165, 1.54) is 11.3 Å². The molecule has 94 valence electrons. The fourth-order valence-corrected chi connectivity index (χ4v) is 2.39. The van der Waals surface area contributed by atoms with Crippen molar-refractivity contribution in [2.24, 2.45) is 0 Å². The summed E-state index contributed by atoms with van der Waals surface area (Å²) in [6.45, 7) is 2.72. The van der Waals surface area contributed by atoms with Crippen LogP contribution in [0.1, 0.15) is 33.1 Å². The summed E-state index contributed by atoms with van der Waals surface area (Å²) in [4.78, 5) is 16.2. The van der Waals surface area contributed by atoms with Gasteiger partial charge in [0.05, 0.1) is 0 Å². The molecule has 2 rings (SSSR count). The highest BCUT2D eigenvalue weighted by Gasteiger charge is 2.08. The Morgan fingerprint density at radius 2 is 2.33 bits per heavy atom. The van der Waals surface area contributed by atoms with Crippen LogP contribution >= 0.6 is 11.3 Å². The molecule has 0 aliphatic rings. The first-order chi connectivity index (χ1) is 8.66. The zero-order chi connectivity index (χ0) is 13.0. The van der Waals surface area contributed by atoms with Crippen LogP contribution < -0.4 is 5.32 Å². The third kappa shape index (κ3) is 3.15. The molecule has 0 saturated carbocycles. The minimum Gasteiger partial charge on any atom is -0.477 e. The van der Waals surface area contributed by atoms with Gasteiger partial charge >= 0.3 is 5.97 Å².